The molecule has 2 nitrogen and oxygen atoms in total. The van der Waals surface area contributed by atoms with Crippen LogP contribution in [0, 0.1) is 53.3 Å². The summed E-state index contributed by atoms with van der Waals surface area (Å²) in [6, 6.07) is 9.20. The largest absolute Gasteiger partial charge is 0.465 e. The van der Waals surface area contributed by atoms with Gasteiger partial charge in [0.1, 0.15) is 5.75 Å². The summed E-state index contributed by atoms with van der Waals surface area (Å²) in [6.07, 6.45) is 17.1. The van der Waals surface area contributed by atoms with E-state index in [2.05, 4.69) is 52.0 Å². The second-order valence-corrected chi connectivity index (χ2v) is 14.2. The van der Waals surface area contributed by atoms with E-state index in [0.717, 1.165) is 47.2 Å². The van der Waals surface area contributed by atoms with Gasteiger partial charge in [-0.1, -0.05) is 78.4 Å². The van der Waals surface area contributed by atoms with Gasteiger partial charge in [0.05, 0.1) is 6.10 Å². The van der Waals surface area contributed by atoms with E-state index in [4.69, 9.17) is 9.47 Å². The van der Waals surface area contributed by atoms with Crippen LogP contribution in [0.1, 0.15) is 116 Å². The predicted molar refractivity (Wildman–Crippen MR) is 148 cm³/mol. The van der Waals surface area contributed by atoms with Gasteiger partial charge in [0, 0.05) is 5.92 Å². The van der Waals surface area contributed by atoms with Crippen molar-refractivity contribution in [2.45, 2.75) is 123 Å². The molecule has 200 valence electrons. The molecule has 0 aliphatic heterocycles. The molecule has 0 saturated heterocycles. The van der Waals surface area contributed by atoms with Crippen LogP contribution in [-0.4, -0.2) is 12.4 Å². The molecule has 5 aliphatic carbocycles. The van der Waals surface area contributed by atoms with E-state index in [1.807, 2.05) is 0 Å². The van der Waals surface area contributed by atoms with Gasteiger partial charge in [-0.25, -0.2) is 0 Å². The van der Waals surface area contributed by atoms with Crippen molar-refractivity contribution in [1.82, 2.24) is 0 Å². The van der Waals surface area contributed by atoms with Gasteiger partial charge < -0.3 is 9.47 Å². The van der Waals surface area contributed by atoms with Gasteiger partial charge in [-0.05, 0) is 109 Å². The fraction of sp³-hybridized carbons (Fsp3) is 0.824. The third-order valence-corrected chi connectivity index (χ3v) is 11.5. The number of ether oxygens (including phenoxy) is 2. The number of hydrogen-bond acceptors (Lipinski definition) is 2. The average Bonchev–Trinajstić information content (AvgIpc) is 3.26. The van der Waals surface area contributed by atoms with Gasteiger partial charge in [-0.15, -0.1) is 0 Å². The Morgan fingerprint density at radius 3 is 2.22 bits per heavy atom. The quantitative estimate of drug-likeness (QED) is 0.320. The maximum Gasteiger partial charge on any atom is 0.203 e. The van der Waals surface area contributed by atoms with E-state index in [9.17, 15) is 0 Å². The van der Waals surface area contributed by atoms with Gasteiger partial charge in [0.2, 0.25) is 6.29 Å². The molecule has 10 atom stereocenters. The van der Waals surface area contributed by atoms with Gasteiger partial charge in [-0.3, -0.25) is 0 Å². The lowest BCUT2D eigenvalue weighted by molar-refractivity contribution is -0.265. The van der Waals surface area contributed by atoms with Crippen LogP contribution in [0.3, 0.4) is 0 Å². The lowest BCUT2D eigenvalue weighted by Gasteiger charge is -2.62. The summed E-state index contributed by atoms with van der Waals surface area (Å²) in [5.41, 5.74) is 1.47. The monoisotopic (exact) mass is 492 g/mol. The third-order valence-electron chi connectivity index (χ3n) is 11.5. The Morgan fingerprint density at radius 2 is 1.44 bits per heavy atom. The normalized spacial score (nSPS) is 38.9. The molecule has 5 aliphatic rings. The summed E-state index contributed by atoms with van der Waals surface area (Å²) in [5.74, 6) is 9.16. The summed E-state index contributed by atoms with van der Waals surface area (Å²) in [5, 5.41) is 0. The standard InChI is InChI=1S/C34H52O2/c1-21(2)19-30(22(3)4)24-15-17-25(18-16-24)35-34(29-14-7-10-23-9-5-6-11-26(23)29)36-32-20-31-27-12-8-13-28(27)33(31)32/h15-18,21-23,26-34H,5-14,19-20H2,1-4H3/t23?,26?,27?,28?,29?,30-,31?,32?,33?,34?/m0/s1. The van der Waals surface area contributed by atoms with Crippen LogP contribution in [0.5, 0.6) is 5.75 Å². The molecule has 0 spiro atoms. The zero-order valence-electron chi connectivity index (χ0n) is 23.5. The van der Waals surface area contributed by atoms with Crippen molar-refractivity contribution in [1.29, 1.82) is 0 Å². The van der Waals surface area contributed by atoms with E-state index in [1.165, 1.54) is 82.6 Å². The zero-order chi connectivity index (χ0) is 24.8. The summed E-state index contributed by atoms with van der Waals surface area (Å²) in [4.78, 5) is 0. The van der Waals surface area contributed by atoms with Crippen molar-refractivity contribution < 1.29 is 9.47 Å². The lowest BCUT2D eigenvalue weighted by atomic mass is 9.46. The van der Waals surface area contributed by atoms with Crippen molar-refractivity contribution in [3.63, 3.8) is 0 Å². The number of hydrogen-bond donors (Lipinski definition) is 0. The Kier molecular flexibility index (Phi) is 7.46. The fourth-order valence-corrected chi connectivity index (χ4v) is 9.69. The highest BCUT2D eigenvalue weighted by Crippen LogP contribution is 2.65. The first-order valence-electron chi connectivity index (χ1n) is 15.9. The summed E-state index contributed by atoms with van der Waals surface area (Å²) >= 11 is 0. The first kappa shape index (κ1) is 25.3. The van der Waals surface area contributed by atoms with E-state index in [1.54, 1.807) is 0 Å². The highest BCUT2D eigenvalue weighted by molar-refractivity contribution is 5.30. The number of rotatable bonds is 9. The minimum absolute atomic E-state index is 0.0512. The summed E-state index contributed by atoms with van der Waals surface area (Å²) < 4.78 is 13.9. The smallest absolute Gasteiger partial charge is 0.203 e. The zero-order valence-corrected chi connectivity index (χ0v) is 23.5. The van der Waals surface area contributed by atoms with Gasteiger partial charge in [-0.2, -0.15) is 0 Å². The molecular weight excluding hydrogens is 440 g/mol. The van der Waals surface area contributed by atoms with Crippen molar-refractivity contribution in [3.05, 3.63) is 29.8 Å². The third kappa shape index (κ3) is 4.78. The van der Waals surface area contributed by atoms with Crippen LogP contribution < -0.4 is 4.74 Å². The van der Waals surface area contributed by atoms with Crippen LogP contribution in [0.15, 0.2) is 24.3 Å². The molecule has 1 aromatic carbocycles. The van der Waals surface area contributed by atoms with Crippen LogP contribution in [0.25, 0.3) is 0 Å². The van der Waals surface area contributed by atoms with E-state index >= 15 is 0 Å². The predicted octanol–water partition coefficient (Wildman–Crippen LogP) is 9.23. The van der Waals surface area contributed by atoms with Crippen LogP contribution in [0.4, 0.5) is 0 Å². The molecule has 0 amide bonds. The molecule has 36 heavy (non-hydrogen) atoms. The molecule has 6 rings (SSSR count). The minimum atomic E-state index is -0.0512. The molecule has 5 saturated carbocycles. The molecule has 1 aromatic rings. The van der Waals surface area contributed by atoms with Crippen LogP contribution >= 0.6 is 0 Å². The number of benzene rings is 1. The lowest BCUT2D eigenvalue weighted by Crippen LogP contribution is -2.61. The molecule has 0 radical (unpaired) electrons. The molecule has 5 fully saturated rings. The average molecular weight is 493 g/mol. The molecule has 0 N–H and O–H groups in total. The highest BCUT2D eigenvalue weighted by atomic mass is 16.7. The first-order valence-corrected chi connectivity index (χ1v) is 15.9. The Bertz CT molecular complexity index is 856. The van der Waals surface area contributed by atoms with Crippen molar-refractivity contribution in [2.24, 2.45) is 53.3 Å². The summed E-state index contributed by atoms with van der Waals surface area (Å²) in [7, 11) is 0. The second kappa shape index (κ2) is 10.6. The Labute approximate surface area is 221 Å². The topological polar surface area (TPSA) is 18.5 Å². The van der Waals surface area contributed by atoms with Crippen molar-refractivity contribution >= 4 is 0 Å². The van der Waals surface area contributed by atoms with Crippen LogP contribution in [-0.2, 0) is 4.74 Å². The SMILES string of the molecule is CC(C)C[C@H](c1ccc(OC(OC2CC3C4CCCC4C23)C2CCCC3CCCCC32)cc1)C(C)C. The van der Waals surface area contributed by atoms with Crippen molar-refractivity contribution in [2.75, 3.05) is 0 Å². The van der Waals surface area contributed by atoms with Gasteiger partial charge in [0.25, 0.3) is 0 Å². The highest BCUT2D eigenvalue weighted by Gasteiger charge is 2.62. The van der Waals surface area contributed by atoms with Gasteiger partial charge in [0.15, 0.2) is 0 Å². The van der Waals surface area contributed by atoms with Crippen molar-refractivity contribution in [3.8, 4) is 5.75 Å². The molecule has 0 aromatic heterocycles. The molecule has 2 heteroatoms. The van der Waals surface area contributed by atoms with Gasteiger partial charge >= 0.3 is 0 Å². The Balaban J connectivity index is 1.18. The van der Waals surface area contributed by atoms with Crippen LogP contribution in [0.2, 0.25) is 0 Å². The molecule has 0 bridgehead atoms. The second-order valence-electron chi connectivity index (χ2n) is 14.2. The van der Waals surface area contributed by atoms with E-state index in [-0.39, 0.29) is 6.29 Å². The minimum Gasteiger partial charge on any atom is -0.465 e. The summed E-state index contributed by atoms with van der Waals surface area (Å²) in [6.45, 7) is 9.43. The Morgan fingerprint density at radius 1 is 0.750 bits per heavy atom. The number of fused-ring (bicyclic) bond motifs is 5. The maximum absolute atomic E-state index is 7.07. The molecule has 9 unspecified atom stereocenters. The maximum atomic E-state index is 7.07. The molecule has 0 heterocycles. The first-order chi connectivity index (χ1) is 17.5. The fourth-order valence-electron chi connectivity index (χ4n) is 9.69. The molecular formula is C34H52O2. The van der Waals surface area contributed by atoms with E-state index < -0.39 is 0 Å². The van der Waals surface area contributed by atoms with E-state index in [0.29, 0.717) is 23.9 Å². The Hall–Kier alpha value is -1.02.